The molecule has 0 fully saturated rings. The van der Waals surface area contributed by atoms with Crippen molar-refractivity contribution in [3.8, 4) is 0 Å². The predicted molar refractivity (Wildman–Crippen MR) is 66.9 cm³/mol. The number of hydrogen-bond donors (Lipinski definition) is 1. The SMILES string of the molecule is CC1=C(C)C2=C(C1)NC(c1ccc(F)cc1)C2. The van der Waals surface area contributed by atoms with Crippen molar-refractivity contribution in [2.75, 3.05) is 0 Å². The first-order valence-electron chi connectivity index (χ1n) is 6.06. The summed E-state index contributed by atoms with van der Waals surface area (Å²) in [5.41, 5.74) is 6.93. The molecular weight excluding hydrogens is 213 g/mol. The van der Waals surface area contributed by atoms with Crippen LogP contribution in [0.5, 0.6) is 0 Å². The van der Waals surface area contributed by atoms with Gasteiger partial charge in [0.05, 0.1) is 6.04 Å². The maximum atomic E-state index is 12.9. The van der Waals surface area contributed by atoms with E-state index < -0.39 is 0 Å². The molecule has 0 aromatic heterocycles. The van der Waals surface area contributed by atoms with Crippen molar-refractivity contribution in [2.45, 2.75) is 32.7 Å². The maximum absolute atomic E-state index is 12.9. The molecule has 0 radical (unpaired) electrons. The minimum absolute atomic E-state index is 0.167. The highest BCUT2D eigenvalue weighted by molar-refractivity contribution is 5.49. The van der Waals surface area contributed by atoms with E-state index in [0.29, 0.717) is 6.04 Å². The van der Waals surface area contributed by atoms with E-state index in [2.05, 4.69) is 19.2 Å². The van der Waals surface area contributed by atoms with E-state index >= 15 is 0 Å². The van der Waals surface area contributed by atoms with E-state index in [9.17, 15) is 4.39 Å². The van der Waals surface area contributed by atoms with Crippen LogP contribution in [0.4, 0.5) is 4.39 Å². The summed E-state index contributed by atoms with van der Waals surface area (Å²) in [5.74, 6) is -0.167. The van der Waals surface area contributed by atoms with Crippen LogP contribution in [0.25, 0.3) is 0 Å². The zero-order chi connectivity index (χ0) is 12.0. The Morgan fingerprint density at radius 2 is 1.88 bits per heavy atom. The fraction of sp³-hybridized carbons (Fsp3) is 0.333. The fourth-order valence-electron chi connectivity index (χ4n) is 2.76. The van der Waals surface area contributed by atoms with E-state index in [1.807, 2.05) is 12.1 Å². The highest BCUT2D eigenvalue weighted by Gasteiger charge is 2.29. The normalized spacial score (nSPS) is 23.1. The van der Waals surface area contributed by atoms with E-state index in [0.717, 1.165) is 12.8 Å². The number of hydrogen-bond acceptors (Lipinski definition) is 1. The Bertz CT molecular complexity index is 522. The summed E-state index contributed by atoms with van der Waals surface area (Å²) < 4.78 is 12.9. The van der Waals surface area contributed by atoms with Crippen LogP contribution < -0.4 is 5.32 Å². The number of rotatable bonds is 1. The van der Waals surface area contributed by atoms with Crippen molar-refractivity contribution < 1.29 is 4.39 Å². The average molecular weight is 229 g/mol. The van der Waals surface area contributed by atoms with Gasteiger partial charge in [0, 0.05) is 12.1 Å². The highest BCUT2D eigenvalue weighted by atomic mass is 19.1. The lowest BCUT2D eigenvalue weighted by Crippen LogP contribution is -2.14. The third kappa shape index (κ3) is 1.68. The molecule has 1 aliphatic carbocycles. The van der Waals surface area contributed by atoms with Crippen LogP contribution in [-0.2, 0) is 0 Å². The van der Waals surface area contributed by atoms with Gasteiger partial charge in [0.2, 0.25) is 0 Å². The first-order valence-corrected chi connectivity index (χ1v) is 6.06. The van der Waals surface area contributed by atoms with Gasteiger partial charge >= 0.3 is 0 Å². The van der Waals surface area contributed by atoms with E-state index in [4.69, 9.17) is 0 Å². The lowest BCUT2D eigenvalue weighted by Gasteiger charge is -2.15. The smallest absolute Gasteiger partial charge is 0.123 e. The van der Waals surface area contributed by atoms with Crippen molar-refractivity contribution in [3.63, 3.8) is 0 Å². The second-order valence-electron chi connectivity index (χ2n) is 4.99. The van der Waals surface area contributed by atoms with Crippen LogP contribution in [0.15, 0.2) is 46.7 Å². The molecule has 1 atom stereocenters. The minimum Gasteiger partial charge on any atom is -0.381 e. The van der Waals surface area contributed by atoms with Crippen LogP contribution in [0.2, 0.25) is 0 Å². The Labute approximate surface area is 101 Å². The number of allylic oxidation sites excluding steroid dienone is 2. The fourth-order valence-corrected chi connectivity index (χ4v) is 2.76. The minimum atomic E-state index is -0.167. The molecule has 0 saturated carbocycles. The molecule has 88 valence electrons. The first-order chi connectivity index (χ1) is 8.15. The Morgan fingerprint density at radius 3 is 2.53 bits per heavy atom. The lowest BCUT2D eigenvalue weighted by atomic mass is 9.98. The summed E-state index contributed by atoms with van der Waals surface area (Å²) in [6.45, 7) is 4.40. The summed E-state index contributed by atoms with van der Waals surface area (Å²) >= 11 is 0. The van der Waals surface area contributed by atoms with Gasteiger partial charge in [0.1, 0.15) is 5.82 Å². The molecule has 1 N–H and O–H groups in total. The van der Waals surface area contributed by atoms with Gasteiger partial charge in [-0.25, -0.2) is 4.39 Å². The molecule has 1 aliphatic heterocycles. The van der Waals surface area contributed by atoms with Gasteiger partial charge < -0.3 is 5.32 Å². The number of benzene rings is 1. The third-order valence-electron chi connectivity index (χ3n) is 3.93. The van der Waals surface area contributed by atoms with Crippen LogP contribution in [0.3, 0.4) is 0 Å². The molecule has 1 nitrogen and oxygen atoms in total. The molecule has 1 heterocycles. The molecular formula is C15H16FN. The van der Waals surface area contributed by atoms with Crippen molar-refractivity contribution >= 4 is 0 Å². The molecule has 2 aliphatic rings. The molecule has 1 aromatic rings. The van der Waals surface area contributed by atoms with E-state index in [1.165, 1.54) is 40.1 Å². The number of nitrogens with one attached hydrogen (secondary N) is 1. The standard InChI is InChI=1S/C15H16FN/c1-9-7-15-13(10(9)2)8-14(17-15)11-3-5-12(16)6-4-11/h3-6,14,17H,7-8H2,1-2H3. The molecule has 1 aromatic carbocycles. The second kappa shape index (κ2) is 3.73. The molecule has 2 heteroatoms. The lowest BCUT2D eigenvalue weighted by molar-refractivity contribution is 0.615. The van der Waals surface area contributed by atoms with Gasteiger partial charge in [-0.2, -0.15) is 0 Å². The zero-order valence-corrected chi connectivity index (χ0v) is 10.2. The molecule has 0 spiro atoms. The van der Waals surface area contributed by atoms with Gasteiger partial charge in [-0.1, -0.05) is 17.7 Å². The van der Waals surface area contributed by atoms with Crippen LogP contribution in [0, 0.1) is 5.82 Å². The average Bonchev–Trinajstić information content (AvgIpc) is 2.82. The van der Waals surface area contributed by atoms with Gasteiger partial charge in [-0.05, 0) is 49.1 Å². The van der Waals surface area contributed by atoms with Gasteiger partial charge in [0.15, 0.2) is 0 Å². The summed E-state index contributed by atoms with van der Waals surface area (Å²) in [6, 6.07) is 7.15. The van der Waals surface area contributed by atoms with Crippen molar-refractivity contribution in [3.05, 3.63) is 58.1 Å². The third-order valence-corrected chi connectivity index (χ3v) is 3.93. The summed E-state index contributed by atoms with van der Waals surface area (Å²) in [5, 5.41) is 3.56. The molecule has 0 bridgehead atoms. The molecule has 0 saturated heterocycles. The Hall–Kier alpha value is -1.57. The van der Waals surface area contributed by atoms with Crippen molar-refractivity contribution in [2.24, 2.45) is 0 Å². The summed E-state index contributed by atoms with van der Waals surface area (Å²) in [6.07, 6.45) is 2.09. The van der Waals surface area contributed by atoms with Gasteiger partial charge in [-0.15, -0.1) is 0 Å². The Balaban J connectivity index is 1.82. The molecule has 17 heavy (non-hydrogen) atoms. The summed E-state index contributed by atoms with van der Waals surface area (Å²) in [4.78, 5) is 0. The van der Waals surface area contributed by atoms with Crippen LogP contribution in [-0.4, -0.2) is 0 Å². The van der Waals surface area contributed by atoms with Crippen molar-refractivity contribution in [1.82, 2.24) is 5.32 Å². The predicted octanol–water partition coefficient (Wildman–Crippen LogP) is 3.85. The summed E-state index contributed by atoms with van der Waals surface area (Å²) in [7, 11) is 0. The van der Waals surface area contributed by atoms with Crippen molar-refractivity contribution in [1.29, 1.82) is 0 Å². The first kappa shape index (κ1) is 10.6. The maximum Gasteiger partial charge on any atom is 0.123 e. The largest absolute Gasteiger partial charge is 0.381 e. The Kier molecular flexibility index (Phi) is 2.32. The zero-order valence-electron chi connectivity index (χ0n) is 10.2. The van der Waals surface area contributed by atoms with Crippen LogP contribution >= 0.6 is 0 Å². The molecule has 0 amide bonds. The molecule has 3 rings (SSSR count). The van der Waals surface area contributed by atoms with Gasteiger partial charge in [0.25, 0.3) is 0 Å². The van der Waals surface area contributed by atoms with Crippen LogP contribution in [0.1, 0.15) is 38.3 Å². The van der Waals surface area contributed by atoms with E-state index in [1.54, 1.807) is 0 Å². The quantitative estimate of drug-likeness (QED) is 0.771. The Morgan fingerprint density at radius 1 is 1.18 bits per heavy atom. The topological polar surface area (TPSA) is 12.0 Å². The monoisotopic (exact) mass is 229 g/mol. The second-order valence-corrected chi connectivity index (χ2v) is 4.99. The number of halogens is 1. The van der Waals surface area contributed by atoms with E-state index in [-0.39, 0.29) is 5.82 Å². The highest BCUT2D eigenvalue weighted by Crippen LogP contribution is 2.41. The van der Waals surface area contributed by atoms with Gasteiger partial charge in [-0.3, -0.25) is 0 Å². The molecule has 1 unspecified atom stereocenters.